The minimum atomic E-state index is -0.240. The Bertz CT molecular complexity index is 867. The average Bonchev–Trinajstić information content (AvgIpc) is 3.27. The minimum absolute atomic E-state index is 0.00578. The number of rotatable bonds is 3. The average molecular weight is 337 g/mol. The predicted octanol–water partition coefficient (Wildman–Crippen LogP) is 2.20. The number of nitrogens with one attached hydrogen (secondary N) is 2. The Balaban J connectivity index is 1.41. The molecular formula is C17H19N7O. The van der Waals surface area contributed by atoms with Crippen LogP contribution in [0.3, 0.4) is 0 Å². The molecule has 0 radical (unpaired) electrons. The van der Waals surface area contributed by atoms with E-state index >= 15 is 0 Å². The van der Waals surface area contributed by atoms with Gasteiger partial charge in [0.25, 0.3) is 0 Å². The van der Waals surface area contributed by atoms with Crippen LogP contribution in [0, 0.1) is 0 Å². The number of carbonyl (C=O) groups excluding carboxylic acids is 1. The summed E-state index contributed by atoms with van der Waals surface area (Å²) in [5, 5.41) is 14.3. The summed E-state index contributed by atoms with van der Waals surface area (Å²) in [6, 6.07) is 5.20. The molecular weight excluding hydrogens is 318 g/mol. The lowest BCUT2D eigenvalue weighted by Gasteiger charge is -2.23. The monoisotopic (exact) mass is 337 g/mol. The third kappa shape index (κ3) is 3.10. The molecule has 0 saturated heterocycles. The molecule has 0 spiro atoms. The number of anilines is 1. The third-order valence-electron chi connectivity index (χ3n) is 4.43. The van der Waals surface area contributed by atoms with Crippen LogP contribution in [0.25, 0.3) is 5.82 Å². The molecule has 0 aromatic carbocycles. The second-order valence-corrected chi connectivity index (χ2v) is 6.07. The Kier molecular flexibility index (Phi) is 3.93. The van der Waals surface area contributed by atoms with Crippen LogP contribution in [0.4, 0.5) is 10.5 Å². The van der Waals surface area contributed by atoms with E-state index in [1.54, 1.807) is 23.1 Å². The minimum Gasteiger partial charge on any atom is -0.331 e. The second-order valence-electron chi connectivity index (χ2n) is 6.07. The molecule has 0 fully saturated rings. The Labute approximate surface area is 144 Å². The van der Waals surface area contributed by atoms with Gasteiger partial charge >= 0.3 is 6.03 Å². The molecule has 0 bridgehead atoms. The van der Waals surface area contributed by atoms with Gasteiger partial charge in [-0.2, -0.15) is 10.2 Å². The van der Waals surface area contributed by atoms with Crippen molar-refractivity contribution in [3.63, 3.8) is 0 Å². The number of nitrogens with zero attached hydrogens (tertiary/aromatic N) is 5. The summed E-state index contributed by atoms with van der Waals surface area (Å²) in [5.41, 5.74) is 2.94. The number of hydrogen-bond acceptors (Lipinski definition) is 4. The normalized spacial score (nSPS) is 16.3. The molecule has 8 heteroatoms. The zero-order chi connectivity index (χ0) is 17.2. The summed E-state index contributed by atoms with van der Waals surface area (Å²) >= 11 is 0. The van der Waals surface area contributed by atoms with Gasteiger partial charge in [0.05, 0.1) is 24.1 Å². The van der Waals surface area contributed by atoms with Gasteiger partial charge in [0.2, 0.25) is 0 Å². The van der Waals surface area contributed by atoms with Crippen molar-refractivity contribution in [3.05, 3.63) is 54.2 Å². The zero-order valence-electron chi connectivity index (χ0n) is 13.9. The first-order valence-corrected chi connectivity index (χ1v) is 8.25. The van der Waals surface area contributed by atoms with E-state index in [4.69, 9.17) is 0 Å². The predicted molar refractivity (Wildman–Crippen MR) is 92.4 cm³/mol. The van der Waals surface area contributed by atoms with Gasteiger partial charge in [0.1, 0.15) is 0 Å². The van der Waals surface area contributed by atoms with Crippen LogP contribution in [0.5, 0.6) is 0 Å². The van der Waals surface area contributed by atoms with Gasteiger partial charge in [0.15, 0.2) is 5.82 Å². The Morgan fingerprint density at radius 3 is 2.96 bits per heavy atom. The lowest BCUT2D eigenvalue weighted by Crippen LogP contribution is -2.34. The highest BCUT2D eigenvalue weighted by molar-refractivity contribution is 5.89. The van der Waals surface area contributed by atoms with E-state index in [9.17, 15) is 4.79 Å². The van der Waals surface area contributed by atoms with E-state index in [-0.39, 0.29) is 12.1 Å². The highest BCUT2D eigenvalue weighted by Crippen LogP contribution is 2.29. The van der Waals surface area contributed by atoms with Crippen molar-refractivity contribution in [2.75, 3.05) is 5.32 Å². The molecule has 0 unspecified atom stereocenters. The van der Waals surface area contributed by atoms with Crippen LogP contribution in [0.1, 0.15) is 30.1 Å². The molecule has 3 aromatic rings. The lowest BCUT2D eigenvalue weighted by molar-refractivity contribution is 0.247. The van der Waals surface area contributed by atoms with E-state index in [0.717, 1.165) is 24.8 Å². The fourth-order valence-electron chi connectivity index (χ4n) is 3.18. The van der Waals surface area contributed by atoms with Crippen molar-refractivity contribution in [2.45, 2.75) is 25.3 Å². The Morgan fingerprint density at radius 2 is 2.20 bits per heavy atom. The molecule has 0 saturated carbocycles. The van der Waals surface area contributed by atoms with E-state index in [0.29, 0.717) is 11.5 Å². The SMILES string of the molecule is Cn1ncc2c1CCC[C@H]2NC(=O)Nc1ccc(-n2cccn2)nc1. The van der Waals surface area contributed by atoms with Crippen molar-refractivity contribution in [2.24, 2.45) is 7.05 Å². The molecule has 0 aliphatic heterocycles. The number of pyridine rings is 1. The molecule has 25 heavy (non-hydrogen) atoms. The van der Waals surface area contributed by atoms with E-state index in [1.807, 2.05) is 36.3 Å². The molecule has 2 amide bonds. The number of amides is 2. The maximum Gasteiger partial charge on any atom is 0.319 e. The third-order valence-corrected chi connectivity index (χ3v) is 4.43. The van der Waals surface area contributed by atoms with Crippen molar-refractivity contribution >= 4 is 11.7 Å². The van der Waals surface area contributed by atoms with Crippen molar-refractivity contribution in [1.82, 2.24) is 29.9 Å². The van der Waals surface area contributed by atoms with Crippen LogP contribution in [-0.4, -0.2) is 30.6 Å². The molecule has 128 valence electrons. The highest BCUT2D eigenvalue weighted by atomic mass is 16.2. The summed E-state index contributed by atoms with van der Waals surface area (Å²) in [7, 11) is 1.94. The largest absolute Gasteiger partial charge is 0.331 e. The smallest absolute Gasteiger partial charge is 0.319 e. The number of fused-ring (bicyclic) bond motifs is 1. The van der Waals surface area contributed by atoms with Gasteiger partial charge in [-0.1, -0.05) is 0 Å². The van der Waals surface area contributed by atoms with Gasteiger partial charge in [-0.05, 0) is 37.5 Å². The summed E-state index contributed by atoms with van der Waals surface area (Å²) in [6.45, 7) is 0. The molecule has 1 aliphatic carbocycles. The molecule has 4 rings (SSSR count). The van der Waals surface area contributed by atoms with Crippen LogP contribution < -0.4 is 10.6 Å². The summed E-state index contributed by atoms with van der Waals surface area (Å²) < 4.78 is 3.55. The van der Waals surface area contributed by atoms with E-state index < -0.39 is 0 Å². The second kappa shape index (κ2) is 6.39. The standard InChI is InChI=1S/C17H19N7O/c1-23-15-5-2-4-14(13(15)11-20-23)22-17(25)21-12-6-7-16(18-10-12)24-9-3-8-19-24/h3,6-11,14H,2,4-5H2,1H3,(H2,21,22,25)/t14-/m1/s1. The number of urea groups is 1. The first kappa shape index (κ1) is 15.4. The highest BCUT2D eigenvalue weighted by Gasteiger charge is 2.24. The molecule has 3 aromatic heterocycles. The Hall–Kier alpha value is -3.16. The summed E-state index contributed by atoms with van der Waals surface area (Å²) in [4.78, 5) is 16.6. The van der Waals surface area contributed by atoms with Gasteiger partial charge in [0, 0.05) is 30.7 Å². The lowest BCUT2D eigenvalue weighted by atomic mass is 9.93. The van der Waals surface area contributed by atoms with Crippen LogP contribution in [0.2, 0.25) is 0 Å². The summed E-state index contributed by atoms with van der Waals surface area (Å²) in [5.74, 6) is 0.697. The van der Waals surface area contributed by atoms with Gasteiger partial charge in [-0.15, -0.1) is 0 Å². The quantitative estimate of drug-likeness (QED) is 0.767. The van der Waals surface area contributed by atoms with Gasteiger partial charge in [-0.25, -0.2) is 14.5 Å². The Morgan fingerprint density at radius 1 is 1.28 bits per heavy atom. The first-order chi connectivity index (χ1) is 12.2. The zero-order valence-corrected chi connectivity index (χ0v) is 13.9. The maximum atomic E-state index is 12.3. The number of aryl methyl sites for hydroxylation is 1. The fraction of sp³-hybridized carbons (Fsp3) is 0.294. The number of aromatic nitrogens is 5. The summed E-state index contributed by atoms with van der Waals surface area (Å²) in [6.07, 6.45) is 9.94. The van der Waals surface area contributed by atoms with Crippen molar-refractivity contribution in [3.8, 4) is 5.82 Å². The fourth-order valence-corrected chi connectivity index (χ4v) is 3.18. The van der Waals surface area contributed by atoms with E-state index in [1.165, 1.54) is 5.69 Å². The first-order valence-electron chi connectivity index (χ1n) is 8.25. The number of carbonyl (C=O) groups is 1. The molecule has 2 N–H and O–H groups in total. The molecule has 1 atom stereocenters. The van der Waals surface area contributed by atoms with Crippen molar-refractivity contribution < 1.29 is 4.79 Å². The van der Waals surface area contributed by atoms with Crippen LogP contribution in [-0.2, 0) is 13.5 Å². The van der Waals surface area contributed by atoms with Crippen molar-refractivity contribution in [1.29, 1.82) is 0 Å². The topological polar surface area (TPSA) is 89.7 Å². The maximum absolute atomic E-state index is 12.3. The molecule has 1 aliphatic rings. The number of hydrogen-bond donors (Lipinski definition) is 2. The van der Waals surface area contributed by atoms with Crippen LogP contribution in [0.15, 0.2) is 43.0 Å². The van der Waals surface area contributed by atoms with Gasteiger partial charge in [-0.3, -0.25) is 4.68 Å². The molecule has 8 nitrogen and oxygen atoms in total. The molecule has 3 heterocycles. The van der Waals surface area contributed by atoms with E-state index in [2.05, 4.69) is 25.8 Å². The van der Waals surface area contributed by atoms with Gasteiger partial charge < -0.3 is 10.6 Å². The van der Waals surface area contributed by atoms with Crippen LogP contribution >= 0.6 is 0 Å².